The molecule has 2 saturated heterocycles. The molecule has 2 fully saturated rings. The largest absolute Gasteiger partial charge is 0.483 e. The van der Waals surface area contributed by atoms with Crippen molar-refractivity contribution in [2.24, 2.45) is 4.36 Å². The molecule has 3 aromatic rings. The van der Waals surface area contributed by atoms with Crippen molar-refractivity contribution in [3.05, 3.63) is 47.5 Å². The Morgan fingerprint density at radius 3 is 2.71 bits per heavy atom. The monoisotopic (exact) mass is 522 g/mol. The van der Waals surface area contributed by atoms with E-state index in [-0.39, 0.29) is 19.6 Å². The number of nitrogens with one attached hydrogen (secondary N) is 1. The number of nitrogens with zero attached hydrogens (tertiary/aromatic N) is 3. The van der Waals surface area contributed by atoms with E-state index in [0.717, 1.165) is 12.8 Å². The summed E-state index contributed by atoms with van der Waals surface area (Å²) in [4.78, 5) is 8.67. The SMILES string of the molecule is C.CO[C@@H]1COC[C@@H]1Oc1cc(F)ccc1Nc1ncnc2cc(N=S3(=O)CCCC3)cc(Cl)c12. The molecule has 2 atom stereocenters. The molecule has 2 aliphatic heterocycles. The number of rotatable bonds is 6. The van der Waals surface area contributed by atoms with Gasteiger partial charge in [-0.05, 0) is 37.1 Å². The quantitative estimate of drug-likeness (QED) is 0.457. The first-order valence-corrected chi connectivity index (χ1v) is 13.2. The van der Waals surface area contributed by atoms with Gasteiger partial charge in [-0.3, -0.25) is 0 Å². The van der Waals surface area contributed by atoms with E-state index in [1.165, 1.54) is 18.5 Å². The summed E-state index contributed by atoms with van der Waals surface area (Å²) >= 11 is 6.61. The minimum atomic E-state index is -2.24. The first-order valence-electron chi connectivity index (χ1n) is 10.9. The second-order valence-electron chi connectivity index (χ2n) is 8.26. The van der Waals surface area contributed by atoms with Gasteiger partial charge in [0.1, 0.15) is 29.8 Å². The Balaban J connectivity index is 0.00000289. The number of benzene rings is 2. The number of anilines is 2. The summed E-state index contributed by atoms with van der Waals surface area (Å²) < 4.78 is 48.2. The zero-order valence-corrected chi connectivity index (χ0v) is 20.1. The second kappa shape index (κ2) is 10.6. The third-order valence-corrected chi connectivity index (χ3v) is 8.57. The van der Waals surface area contributed by atoms with Gasteiger partial charge in [0.15, 0.2) is 6.10 Å². The van der Waals surface area contributed by atoms with Gasteiger partial charge < -0.3 is 19.5 Å². The van der Waals surface area contributed by atoms with Crippen molar-refractivity contribution in [1.82, 2.24) is 9.97 Å². The van der Waals surface area contributed by atoms with Crippen molar-refractivity contribution < 1.29 is 22.8 Å². The van der Waals surface area contributed by atoms with Crippen LogP contribution in [-0.2, 0) is 19.2 Å². The molecule has 1 aromatic heterocycles. The molecule has 5 rings (SSSR count). The molecule has 2 aromatic carbocycles. The fourth-order valence-electron chi connectivity index (χ4n) is 4.15. The summed E-state index contributed by atoms with van der Waals surface area (Å²) in [5.41, 5.74) is 1.59. The Bertz CT molecular complexity index is 1340. The van der Waals surface area contributed by atoms with Crippen molar-refractivity contribution in [3.8, 4) is 5.75 Å². The molecule has 1 N–H and O–H groups in total. The predicted molar refractivity (Wildman–Crippen MR) is 136 cm³/mol. The normalized spacial score (nSPS) is 21.0. The van der Waals surface area contributed by atoms with Crippen LogP contribution < -0.4 is 10.1 Å². The zero-order chi connectivity index (χ0) is 23.7. The van der Waals surface area contributed by atoms with Crippen LogP contribution in [0, 0.1) is 5.82 Å². The van der Waals surface area contributed by atoms with E-state index < -0.39 is 15.5 Å². The van der Waals surface area contributed by atoms with E-state index in [1.54, 1.807) is 25.3 Å². The lowest BCUT2D eigenvalue weighted by Gasteiger charge is -2.21. The summed E-state index contributed by atoms with van der Waals surface area (Å²) in [6.07, 6.45) is 2.61. The third kappa shape index (κ3) is 5.50. The molecule has 8 nitrogen and oxygen atoms in total. The highest BCUT2D eigenvalue weighted by atomic mass is 35.5. The zero-order valence-electron chi connectivity index (χ0n) is 18.5. The third-order valence-electron chi connectivity index (χ3n) is 5.88. The minimum absolute atomic E-state index is 0. The van der Waals surface area contributed by atoms with Gasteiger partial charge >= 0.3 is 0 Å². The van der Waals surface area contributed by atoms with Crippen LogP contribution in [0.15, 0.2) is 41.0 Å². The number of hydrogen-bond acceptors (Lipinski definition) is 8. The van der Waals surface area contributed by atoms with Crippen molar-refractivity contribution in [2.45, 2.75) is 32.5 Å². The van der Waals surface area contributed by atoms with E-state index in [9.17, 15) is 8.60 Å². The first-order chi connectivity index (χ1) is 16.4. The lowest BCUT2D eigenvalue weighted by molar-refractivity contribution is 0.0328. The molecule has 188 valence electrons. The highest BCUT2D eigenvalue weighted by molar-refractivity contribution is 7.93. The van der Waals surface area contributed by atoms with Crippen molar-refractivity contribution in [2.75, 3.05) is 37.1 Å². The van der Waals surface area contributed by atoms with Crippen LogP contribution in [0.4, 0.5) is 21.6 Å². The molecular weight excluding hydrogens is 495 g/mol. The van der Waals surface area contributed by atoms with Crippen LogP contribution in [0.2, 0.25) is 5.02 Å². The Morgan fingerprint density at radius 2 is 1.94 bits per heavy atom. The Hall–Kier alpha value is -2.53. The molecule has 0 amide bonds. The first kappa shape index (κ1) is 25.6. The van der Waals surface area contributed by atoms with Crippen molar-refractivity contribution in [3.63, 3.8) is 0 Å². The average molecular weight is 523 g/mol. The van der Waals surface area contributed by atoms with Gasteiger partial charge in [0.2, 0.25) is 0 Å². The molecule has 0 spiro atoms. The fourth-order valence-corrected chi connectivity index (χ4v) is 6.63. The lowest BCUT2D eigenvalue weighted by atomic mass is 10.2. The Labute approximate surface area is 209 Å². The van der Waals surface area contributed by atoms with Crippen LogP contribution in [0.3, 0.4) is 0 Å². The van der Waals surface area contributed by atoms with Gasteiger partial charge in [-0.2, -0.15) is 4.36 Å². The summed E-state index contributed by atoms with van der Waals surface area (Å²) in [6, 6.07) is 7.62. The van der Waals surface area contributed by atoms with Crippen LogP contribution in [0.1, 0.15) is 20.3 Å². The molecule has 35 heavy (non-hydrogen) atoms. The molecule has 0 aliphatic carbocycles. The Morgan fingerprint density at radius 1 is 1.17 bits per heavy atom. The van der Waals surface area contributed by atoms with Gasteiger partial charge in [0.25, 0.3) is 0 Å². The molecule has 2 aliphatic rings. The van der Waals surface area contributed by atoms with E-state index in [0.29, 0.717) is 63.6 Å². The van der Waals surface area contributed by atoms with Crippen LogP contribution >= 0.6 is 11.6 Å². The summed E-state index contributed by atoms with van der Waals surface area (Å²) in [7, 11) is -0.662. The number of aromatic nitrogens is 2. The standard InChI is InChI=1S/C23H24ClFN4O4S.CH4/c1-31-20-11-32-12-21(20)33-19-8-14(25)4-5-17(19)28-23-22-16(24)9-15(10-18(22)26-13-27-23)29-34(30)6-2-3-7-34;/h4-5,8-10,13,20-21H,2-3,6-7,11-12H2,1H3,(H,26,27,28);1H4/t20-,21+;/m1./s1. The summed E-state index contributed by atoms with van der Waals surface area (Å²) in [5, 5.41) is 4.13. The topological polar surface area (TPSA) is 94.9 Å². The van der Waals surface area contributed by atoms with Gasteiger partial charge in [-0.1, -0.05) is 19.0 Å². The van der Waals surface area contributed by atoms with Gasteiger partial charge in [0, 0.05) is 24.7 Å². The van der Waals surface area contributed by atoms with Crippen LogP contribution in [0.5, 0.6) is 5.75 Å². The summed E-state index contributed by atoms with van der Waals surface area (Å²) in [5.74, 6) is 1.48. The van der Waals surface area contributed by atoms with Gasteiger partial charge in [0.05, 0.1) is 50.2 Å². The van der Waals surface area contributed by atoms with Crippen molar-refractivity contribution in [1.29, 1.82) is 0 Å². The maximum Gasteiger partial charge on any atom is 0.150 e. The molecule has 0 saturated carbocycles. The van der Waals surface area contributed by atoms with Crippen LogP contribution in [-0.4, -0.2) is 58.2 Å². The minimum Gasteiger partial charge on any atom is -0.483 e. The number of hydrogen-bond donors (Lipinski definition) is 1. The average Bonchev–Trinajstić information content (AvgIpc) is 3.44. The van der Waals surface area contributed by atoms with E-state index in [1.807, 2.05) is 0 Å². The molecular formula is C24H28ClFN4O4S. The van der Waals surface area contributed by atoms with Crippen molar-refractivity contribution >= 4 is 49.4 Å². The smallest absolute Gasteiger partial charge is 0.150 e. The molecule has 3 heterocycles. The second-order valence-corrected chi connectivity index (χ2v) is 11.2. The number of halogens is 2. The number of methoxy groups -OCH3 is 1. The predicted octanol–water partition coefficient (Wildman–Crippen LogP) is 5.49. The van der Waals surface area contributed by atoms with E-state index in [2.05, 4.69) is 19.6 Å². The molecule has 0 unspecified atom stereocenters. The van der Waals surface area contributed by atoms with Crippen LogP contribution in [0.25, 0.3) is 10.9 Å². The van der Waals surface area contributed by atoms with Gasteiger partial charge in [-0.25, -0.2) is 18.6 Å². The van der Waals surface area contributed by atoms with Gasteiger partial charge in [-0.15, -0.1) is 0 Å². The molecule has 0 radical (unpaired) electrons. The number of fused-ring (bicyclic) bond motifs is 1. The molecule has 0 bridgehead atoms. The highest BCUT2D eigenvalue weighted by Crippen LogP contribution is 2.37. The highest BCUT2D eigenvalue weighted by Gasteiger charge is 2.31. The van der Waals surface area contributed by atoms with E-state index in [4.69, 9.17) is 25.8 Å². The van der Waals surface area contributed by atoms with E-state index >= 15 is 0 Å². The summed E-state index contributed by atoms with van der Waals surface area (Å²) in [6.45, 7) is 0.747. The Kier molecular flexibility index (Phi) is 7.75. The maximum absolute atomic E-state index is 14.0. The lowest BCUT2D eigenvalue weighted by Crippen LogP contribution is -2.31. The maximum atomic E-state index is 14.0. The fraction of sp³-hybridized carbons (Fsp3) is 0.417. The number of ether oxygens (including phenoxy) is 3. The molecule has 11 heteroatoms.